The van der Waals surface area contributed by atoms with Crippen LogP contribution in [0.3, 0.4) is 0 Å². The molecule has 1 saturated heterocycles. The molecule has 1 aliphatic heterocycles. The number of piperidine rings is 1. The van der Waals surface area contributed by atoms with Crippen LogP contribution in [-0.4, -0.2) is 51.1 Å². The summed E-state index contributed by atoms with van der Waals surface area (Å²) in [6, 6.07) is 4.97. The Morgan fingerprint density at radius 2 is 2.12 bits per heavy atom. The second-order valence-corrected chi connectivity index (χ2v) is 8.18. The number of thiophene rings is 1. The summed E-state index contributed by atoms with van der Waals surface area (Å²) in [7, 11) is 0. The van der Waals surface area contributed by atoms with Gasteiger partial charge in [0.2, 0.25) is 0 Å². The summed E-state index contributed by atoms with van der Waals surface area (Å²) >= 11 is 1.78. The Bertz CT molecular complexity index is 710. The zero-order chi connectivity index (χ0) is 17.9. The van der Waals surface area contributed by atoms with Crippen molar-refractivity contribution in [2.75, 3.05) is 13.1 Å². The fraction of sp³-hybridized carbons (Fsp3) is 0.526. The highest BCUT2D eigenvalue weighted by atomic mass is 32.1. The summed E-state index contributed by atoms with van der Waals surface area (Å²) < 4.78 is 0. The molecule has 1 atom stereocenters. The molecule has 0 unspecified atom stereocenters. The smallest absolute Gasteiger partial charge is 0.274 e. The zero-order valence-electron chi connectivity index (χ0n) is 14.6. The first-order valence-electron chi connectivity index (χ1n) is 9.23. The first-order valence-corrected chi connectivity index (χ1v) is 10.1. The predicted molar refractivity (Wildman–Crippen MR) is 99.9 cm³/mol. The molecule has 2 aliphatic rings. The largest absolute Gasteiger partial charge is 0.393 e. The highest BCUT2D eigenvalue weighted by Gasteiger charge is 2.37. The lowest BCUT2D eigenvalue weighted by Gasteiger charge is -2.41. The van der Waals surface area contributed by atoms with Crippen LogP contribution in [0.4, 0.5) is 0 Å². The average Bonchev–Trinajstić information content (AvgIpc) is 3.19. The van der Waals surface area contributed by atoms with Crippen LogP contribution < -0.4 is 5.32 Å². The van der Waals surface area contributed by atoms with Crippen molar-refractivity contribution in [1.82, 2.24) is 20.2 Å². The number of hydrogen-bond donors (Lipinski definition) is 2. The van der Waals surface area contributed by atoms with E-state index >= 15 is 0 Å². The number of carbonyl (C=O) groups excluding carboxylic acids is 1. The van der Waals surface area contributed by atoms with Gasteiger partial charge in [-0.25, -0.2) is 4.98 Å². The first kappa shape index (κ1) is 17.6. The van der Waals surface area contributed by atoms with Gasteiger partial charge in [-0.05, 0) is 43.0 Å². The van der Waals surface area contributed by atoms with Crippen LogP contribution in [0.1, 0.15) is 47.1 Å². The van der Waals surface area contributed by atoms with E-state index in [1.54, 1.807) is 23.7 Å². The Morgan fingerprint density at radius 1 is 1.31 bits per heavy atom. The number of rotatable bonds is 5. The van der Waals surface area contributed by atoms with Gasteiger partial charge in [-0.3, -0.25) is 9.78 Å². The number of likely N-dealkylation sites (tertiary alicyclic amines) is 1. The van der Waals surface area contributed by atoms with Crippen molar-refractivity contribution in [3.05, 3.63) is 46.7 Å². The van der Waals surface area contributed by atoms with Gasteiger partial charge >= 0.3 is 0 Å². The number of nitrogens with zero attached hydrogens (tertiary/aromatic N) is 3. The number of hydrogen-bond acceptors (Lipinski definition) is 6. The lowest BCUT2D eigenvalue weighted by molar-refractivity contribution is 0.0202. The lowest BCUT2D eigenvalue weighted by Crippen LogP contribution is -2.48. The summed E-state index contributed by atoms with van der Waals surface area (Å²) in [5.41, 5.74) is 0.416. The van der Waals surface area contributed by atoms with Crippen LogP contribution in [0.15, 0.2) is 36.1 Å². The molecule has 138 valence electrons. The highest BCUT2D eigenvalue weighted by Crippen LogP contribution is 2.40. The van der Waals surface area contributed by atoms with Gasteiger partial charge in [0.1, 0.15) is 5.69 Å². The maximum absolute atomic E-state index is 12.5. The zero-order valence-corrected chi connectivity index (χ0v) is 15.4. The molecule has 2 aromatic heterocycles. The predicted octanol–water partition coefficient (Wildman–Crippen LogP) is 2.24. The molecule has 2 fully saturated rings. The van der Waals surface area contributed by atoms with E-state index < -0.39 is 0 Å². The van der Waals surface area contributed by atoms with E-state index in [0.717, 1.165) is 38.8 Å². The second kappa shape index (κ2) is 7.82. The average molecular weight is 372 g/mol. The molecule has 1 amide bonds. The molecular weight excluding hydrogens is 348 g/mol. The van der Waals surface area contributed by atoms with Crippen molar-refractivity contribution in [3.63, 3.8) is 0 Å². The molecule has 26 heavy (non-hydrogen) atoms. The Labute approximate surface area is 157 Å². The van der Waals surface area contributed by atoms with E-state index in [0.29, 0.717) is 23.7 Å². The maximum Gasteiger partial charge on any atom is 0.274 e. The SMILES string of the molecule is O=C(c1cnccn1)N1CCC(N[C@@H](c2cccs2)C2CC(O)C2)CC1. The van der Waals surface area contributed by atoms with Gasteiger partial charge in [0.25, 0.3) is 5.91 Å². The topological polar surface area (TPSA) is 78.4 Å². The molecule has 1 aliphatic carbocycles. The first-order chi connectivity index (χ1) is 12.7. The van der Waals surface area contributed by atoms with E-state index in [9.17, 15) is 9.90 Å². The number of aromatic nitrogens is 2. The van der Waals surface area contributed by atoms with Crippen LogP contribution in [0.25, 0.3) is 0 Å². The minimum Gasteiger partial charge on any atom is -0.393 e. The van der Waals surface area contributed by atoms with E-state index in [1.807, 2.05) is 4.90 Å². The third kappa shape index (κ3) is 3.79. The monoisotopic (exact) mass is 372 g/mol. The molecule has 0 radical (unpaired) electrons. The van der Waals surface area contributed by atoms with Crippen molar-refractivity contribution in [3.8, 4) is 0 Å². The standard InChI is InChI=1S/C19H24N4O2S/c24-15-10-13(11-15)18(17-2-1-9-26-17)22-14-3-7-23(8-4-14)19(25)16-12-20-5-6-21-16/h1-2,5-6,9,12-15,18,22,24H,3-4,7-8,10-11H2/t13?,15?,18-/m1/s1. The number of aliphatic hydroxyl groups excluding tert-OH is 1. The lowest BCUT2D eigenvalue weighted by atomic mass is 9.76. The molecule has 1 saturated carbocycles. The van der Waals surface area contributed by atoms with Crippen molar-refractivity contribution in [2.45, 2.75) is 43.9 Å². The number of nitrogens with one attached hydrogen (secondary N) is 1. The van der Waals surface area contributed by atoms with Crippen molar-refractivity contribution in [1.29, 1.82) is 0 Å². The van der Waals surface area contributed by atoms with Gasteiger partial charge in [-0.1, -0.05) is 6.07 Å². The third-order valence-electron chi connectivity index (χ3n) is 5.45. The van der Waals surface area contributed by atoms with Gasteiger partial charge in [-0.15, -0.1) is 11.3 Å². The molecule has 3 heterocycles. The normalized spacial score (nSPS) is 24.9. The fourth-order valence-electron chi connectivity index (χ4n) is 3.90. The van der Waals surface area contributed by atoms with E-state index in [2.05, 4.69) is 32.8 Å². The molecule has 0 bridgehead atoms. The molecule has 0 aromatic carbocycles. The van der Waals surface area contributed by atoms with Crippen LogP contribution in [0.2, 0.25) is 0 Å². The number of aliphatic hydroxyl groups is 1. The second-order valence-electron chi connectivity index (χ2n) is 7.20. The maximum atomic E-state index is 12.5. The van der Waals surface area contributed by atoms with Crippen molar-refractivity contribution < 1.29 is 9.90 Å². The Morgan fingerprint density at radius 3 is 2.73 bits per heavy atom. The molecule has 2 aromatic rings. The molecule has 4 rings (SSSR count). The molecule has 6 nitrogen and oxygen atoms in total. The number of carbonyl (C=O) groups is 1. The Balaban J connectivity index is 1.34. The summed E-state index contributed by atoms with van der Waals surface area (Å²) in [5, 5.41) is 15.6. The van der Waals surface area contributed by atoms with Crippen molar-refractivity contribution in [2.24, 2.45) is 5.92 Å². The summed E-state index contributed by atoms with van der Waals surface area (Å²) in [5.74, 6) is 0.469. The van der Waals surface area contributed by atoms with E-state index in [1.165, 1.54) is 11.1 Å². The quantitative estimate of drug-likeness (QED) is 0.842. The molecule has 2 N–H and O–H groups in total. The molecular formula is C19H24N4O2S. The van der Waals surface area contributed by atoms with Crippen molar-refractivity contribution >= 4 is 17.2 Å². The third-order valence-corrected chi connectivity index (χ3v) is 6.41. The van der Waals surface area contributed by atoms with Gasteiger partial charge in [0.05, 0.1) is 12.3 Å². The van der Waals surface area contributed by atoms with Gasteiger partial charge in [0, 0.05) is 42.4 Å². The van der Waals surface area contributed by atoms with Crippen LogP contribution in [-0.2, 0) is 0 Å². The summed E-state index contributed by atoms with van der Waals surface area (Å²) in [4.78, 5) is 23.8. The van der Waals surface area contributed by atoms with Gasteiger partial charge < -0.3 is 15.3 Å². The Kier molecular flexibility index (Phi) is 5.28. The van der Waals surface area contributed by atoms with Gasteiger partial charge in [-0.2, -0.15) is 0 Å². The molecule has 0 spiro atoms. The van der Waals surface area contributed by atoms with Gasteiger partial charge in [0.15, 0.2) is 0 Å². The summed E-state index contributed by atoms with van der Waals surface area (Å²) in [6.07, 6.45) is 8.14. The minimum absolute atomic E-state index is 0.0338. The summed E-state index contributed by atoms with van der Waals surface area (Å²) in [6.45, 7) is 1.47. The van der Waals surface area contributed by atoms with E-state index in [4.69, 9.17) is 0 Å². The fourth-order valence-corrected chi connectivity index (χ4v) is 4.77. The van der Waals surface area contributed by atoms with Crippen LogP contribution in [0, 0.1) is 5.92 Å². The van der Waals surface area contributed by atoms with Crippen LogP contribution >= 0.6 is 11.3 Å². The number of amides is 1. The Hall–Kier alpha value is -1.83. The van der Waals surface area contributed by atoms with Crippen LogP contribution in [0.5, 0.6) is 0 Å². The molecule has 7 heteroatoms. The van der Waals surface area contributed by atoms with E-state index in [-0.39, 0.29) is 12.0 Å². The highest BCUT2D eigenvalue weighted by molar-refractivity contribution is 7.10. The minimum atomic E-state index is -0.143.